The third kappa shape index (κ3) is 8.02. The summed E-state index contributed by atoms with van der Waals surface area (Å²) in [7, 11) is 0. The number of rotatable bonds is 9. The van der Waals surface area contributed by atoms with Crippen molar-refractivity contribution in [2.75, 3.05) is 26.2 Å². The van der Waals surface area contributed by atoms with Gasteiger partial charge in [-0.3, -0.25) is 0 Å². The lowest BCUT2D eigenvalue weighted by molar-refractivity contribution is 0.204. The summed E-state index contributed by atoms with van der Waals surface area (Å²) < 4.78 is 0. The van der Waals surface area contributed by atoms with Crippen molar-refractivity contribution in [1.82, 2.24) is 4.90 Å². The molecule has 0 fully saturated rings. The molecule has 0 saturated heterocycles. The molecule has 0 aromatic heterocycles. The van der Waals surface area contributed by atoms with Crippen molar-refractivity contribution in [3.63, 3.8) is 0 Å². The van der Waals surface area contributed by atoms with Crippen LogP contribution in [0, 0.1) is 0 Å². The number of allylic oxidation sites excluding steroid dienone is 2. The fourth-order valence-electron chi connectivity index (χ4n) is 1.28. The Morgan fingerprint density at radius 3 is 2.43 bits per heavy atom. The molecule has 14 heavy (non-hydrogen) atoms. The van der Waals surface area contributed by atoms with E-state index in [1.807, 2.05) is 6.08 Å². The van der Waals surface area contributed by atoms with Gasteiger partial charge in [-0.15, -0.1) is 6.58 Å². The maximum absolute atomic E-state index is 8.77. The Hall–Kier alpha value is -0.600. The zero-order chi connectivity index (χ0) is 10.6. The van der Waals surface area contributed by atoms with Crippen molar-refractivity contribution in [2.24, 2.45) is 0 Å². The van der Waals surface area contributed by atoms with Gasteiger partial charge in [0.15, 0.2) is 0 Å². The van der Waals surface area contributed by atoms with Crippen LogP contribution < -0.4 is 0 Å². The van der Waals surface area contributed by atoms with Crippen LogP contribution in [0.4, 0.5) is 0 Å². The van der Waals surface area contributed by atoms with Crippen molar-refractivity contribution >= 4 is 0 Å². The third-order valence-electron chi connectivity index (χ3n) is 2.18. The number of aliphatic hydroxyl groups is 1. The van der Waals surface area contributed by atoms with Crippen molar-refractivity contribution in [3.05, 3.63) is 24.8 Å². The quantitative estimate of drug-likeness (QED) is 0.452. The molecule has 0 amide bonds. The van der Waals surface area contributed by atoms with E-state index in [1.54, 1.807) is 0 Å². The first-order valence-corrected chi connectivity index (χ1v) is 5.44. The Morgan fingerprint density at radius 2 is 1.86 bits per heavy atom. The fraction of sp³-hybridized carbons (Fsp3) is 0.667. The lowest BCUT2D eigenvalue weighted by Crippen LogP contribution is -2.27. The van der Waals surface area contributed by atoms with E-state index in [1.165, 1.54) is 0 Å². The monoisotopic (exact) mass is 197 g/mol. The average molecular weight is 197 g/mol. The second-order valence-corrected chi connectivity index (χ2v) is 3.28. The van der Waals surface area contributed by atoms with Crippen LogP contribution in [-0.2, 0) is 0 Å². The smallest absolute Gasteiger partial charge is 0.0558 e. The van der Waals surface area contributed by atoms with Gasteiger partial charge in [-0.1, -0.05) is 25.2 Å². The predicted octanol–water partition coefficient (Wildman–Crippen LogP) is 2.21. The second-order valence-electron chi connectivity index (χ2n) is 3.28. The maximum Gasteiger partial charge on any atom is 0.0558 e. The van der Waals surface area contributed by atoms with Gasteiger partial charge in [-0.2, -0.15) is 0 Å². The molecule has 0 radical (unpaired) electrons. The molecule has 0 aromatic rings. The summed E-state index contributed by atoms with van der Waals surface area (Å²) >= 11 is 0. The van der Waals surface area contributed by atoms with Crippen LogP contribution in [0.15, 0.2) is 24.8 Å². The van der Waals surface area contributed by atoms with Crippen molar-refractivity contribution in [3.8, 4) is 0 Å². The molecule has 2 nitrogen and oxygen atoms in total. The van der Waals surface area contributed by atoms with E-state index in [2.05, 4.69) is 30.6 Å². The first-order chi connectivity index (χ1) is 6.85. The SMILES string of the molecule is C=CCCC=CCCN(CC)CCO. The Labute approximate surface area is 87.9 Å². The first-order valence-electron chi connectivity index (χ1n) is 5.44. The average Bonchev–Trinajstić information content (AvgIpc) is 2.21. The summed E-state index contributed by atoms with van der Waals surface area (Å²) in [4.78, 5) is 2.25. The van der Waals surface area contributed by atoms with Crippen LogP contribution in [0.1, 0.15) is 26.2 Å². The fourth-order valence-corrected chi connectivity index (χ4v) is 1.28. The van der Waals surface area contributed by atoms with Gasteiger partial charge in [-0.05, 0) is 25.8 Å². The summed E-state index contributed by atoms with van der Waals surface area (Å²) in [5.41, 5.74) is 0. The lowest BCUT2D eigenvalue weighted by atomic mass is 10.2. The minimum atomic E-state index is 0.258. The molecular formula is C12H23NO. The van der Waals surface area contributed by atoms with E-state index < -0.39 is 0 Å². The molecule has 0 bridgehead atoms. The predicted molar refractivity (Wildman–Crippen MR) is 62.4 cm³/mol. The number of hydrogen-bond acceptors (Lipinski definition) is 2. The minimum absolute atomic E-state index is 0.258. The number of aliphatic hydroxyl groups excluding tert-OH is 1. The van der Waals surface area contributed by atoms with Gasteiger partial charge in [0.25, 0.3) is 0 Å². The van der Waals surface area contributed by atoms with Gasteiger partial charge in [0.1, 0.15) is 0 Å². The zero-order valence-corrected chi connectivity index (χ0v) is 9.28. The molecule has 0 aliphatic rings. The summed E-state index contributed by atoms with van der Waals surface area (Å²) in [6, 6.07) is 0. The molecule has 0 rings (SSSR count). The van der Waals surface area contributed by atoms with Crippen LogP contribution in [0.2, 0.25) is 0 Å². The van der Waals surface area contributed by atoms with Gasteiger partial charge < -0.3 is 10.0 Å². The lowest BCUT2D eigenvalue weighted by Gasteiger charge is -2.17. The molecule has 0 unspecified atom stereocenters. The summed E-state index contributed by atoms with van der Waals surface area (Å²) in [6.45, 7) is 8.90. The molecular weight excluding hydrogens is 174 g/mol. The Bertz CT molecular complexity index is 154. The maximum atomic E-state index is 8.77. The molecule has 0 atom stereocenters. The van der Waals surface area contributed by atoms with E-state index in [-0.39, 0.29) is 6.61 Å². The molecule has 0 heterocycles. The van der Waals surface area contributed by atoms with Gasteiger partial charge in [-0.25, -0.2) is 0 Å². The standard InChI is InChI=1S/C12H23NO/c1-3-5-6-7-8-9-10-13(4-2)11-12-14/h3,7-8,14H,1,4-6,9-12H2,2H3. The highest BCUT2D eigenvalue weighted by atomic mass is 16.3. The summed E-state index contributed by atoms with van der Waals surface area (Å²) in [6.07, 6.45) is 9.58. The normalized spacial score (nSPS) is 11.4. The largest absolute Gasteiger partial charge is 0.395 e. The molecule has 1 N–H and O–H groups in total. The van der Waals surface area contributed by atoms with E-state index in [9.17, 15) is 0 Å². The Morgan fingerprint density at radius 1 is 1.14 bits per heavy atom. The molecule has 0 saturated carbocycles. The molecule has 2 heteroatoms. The van der Waals surface area contributed by atoms with Gasteiger partial charge >= 0.3 is 0 Å². The number of unbranched alkanes of at least 4 members (excludes halogenated alkanes) is 1. The zero-order valence-electron chi connectivity index (χ0n) is 9.28. The highest BCUT2D eigenvalue weighted by molar-refractivity contribution is 4.85. The van der Waals surface area contributed by atoms with Gasteiger partial charge in [0.05, 0.1) is 6.61 Å². The topological polar surface area (TPSA) is 23.5 Å². The molecule has 0 aliphatic heterocycles. The van der Waals surface area contributed by atoms with Crippen LogP contribution in [0.3, 0.4) is 0 Å². The molecule has 0 aliphatic carbocycles. The van der Waals surface area contributed by atoms with Gasteiger partial charge in [0, 0.05) is 13.1 Å². The molecule has 82 valence electrons. The van der Waals surface area contributed by atoms with Crippen LogP contribution in [0.5, 0.6) is 0 Å². The van der Waals surface area contributed by atoms with E-state index in [0.29, 0.717) is 0 Å². The van der Waals surface area contributed by atoms with Crippen molar-refractivity contribution in [2.45, 2.75) is 26.2 Å². The van der Waals surface area contributed by atoms with Crippen molar-refractivity contribution < 1.29 is 5.11 Å². The number of nitrogens with zero attached hydrogens (tertiary/aromatic N) is 1. The minimum Gasteiger partial charge on any atom is -0.395 e. The summed E-state index contributed by atoms with van der Waals surface area (Å²) in [5, 5.41) is 8.77. The van der Waals surface area contributed by atoms with Crippen LogP contribution in [0.25, 0.3) is 0 Å². The summed E-state index contributed by atoms with van der Waals surface area (Å²) in [5.74, 6) is 0. The number of hydrogen-bond donors (Lipinski definition) is 1. The van der Waals surface area contributed by atoms with Crippen LogP contribution >= 0.6 is 0 Å². The highest BCUT2D eigenvalue weighted by Crippen LogP contribution is 1.95. The molecule has 0 aromatic carbocycles. The van der Waals surface area contributed by atoms with E-state index in [4.69, 9.17) is 5.11 Å². The first kappa shape index (κ1) is 13.4. The Balaban J connectivity index is 3.39. The third-order valence-corrected chi connectivity index (χ3v) is 2.18. The van der Waals surface area contributed by atoms with E-state index >= 15 is 0 Å². The van der Waals surface area contributed by atoms with E-state index in [0.717, 1.165) is 38.9 Å². The van der Waals surface area contributed by atoms with Crippen molar-refractivity contribution in [1.29, 1.82) is 0 Å². The Kier molecular flexibility index (Phi) is 10.0. The van der Waals surface area contributed by atoms with Gasteiger partial charge in [0.2, 0.25) is 0 Å². The highest BCUT2D eigenvalue weighted by Gasteiger charge is 1.97. The second kappa shape index (κ2) is 10.5. The van der Waals surface area contributed by atoms with Crippen LogP contribution in [-0.4, -0.2) is 36.2 Å². The number of likely N-dealkylation sites (N-methyl/N-ethyl adjacent to an activating group) is 1. The molecule has 0 spiro atoms.